The van der Waals surface area contributed by atoms with E-state index in [0.717, 1.165) is 44.9 Å². The zero-order valence-corrected chi connectivity index (χ0v) is 40.2. The number of amides is 1. The Kier molecular flexibility index (Phi) is 48.6. The molecule has 60 heavy (non-hydrogen) atoms. The molecule has 2 atom stereocenters. The molecular formula is C54H103NO5. The van der Waals surface area contributed by atoms with Gasteiger partial charge in [-0.1, -0.05) is 237 Å². The lowest BCUT2D eigenvalue weighted by molar-refractivity contribution is -0.143. The molecule has 6 heteroatoms. The predicted octanol–water partition coefficient (Wildman–Crippen LogP) is 15.9. The van der Waals surface area contributed by atoms with Gasteiger partial charge in [-0.05, 0) is 57.8 Å². The highest BCUT2D eigenvalue weighted by Gasteiger charge is 2.18. The first kappa shape index (κ1) is 58.3. The molecule has 0 fully saturated rings. The molecule has 0 aromatic carbocycles. The van der Waals surface area contributed by atoms with E-state index >= 15 is 0 Å². The third-order valence-corrected chi connectivity index (χ3v) is 12.2. The Labute approximate surface area is 373 Å². The summed E-state index contributed by atoms with van der Waals surface area (Å²) in [5, 5.41) is 22.9. The number of allylic oxidation sites excluding steroid dienone is 3. The van der Waals surface area contributed by atoms with Crippen LogP contribution in [0.25, 0.3) is 0 Å². The molecule has 0 heterocycles. The SMILES string of the molecule is CCCCCCCCC/C=C\CCCCCCCC(=O)OCCCCCCCCCCCCCCCCCCCCC(=O)NC(CO)C(O)/C=C/CCCCCCCCC. The van der Waals surface area contributed by atoms with E-state index < -0.39 is 12.1 Å². The maximum atomic E-state index is 12.4. The summed E-state index contributed by atoms with van der Waals surface area (Å²) in [6.07, 6.45) is 59.1. The van der Waals surface area contributed by atoms with Crippen LogP contribution >= 0.6 is 0 Å². The first-order valence-corrected chi connectivity index (χ1v) is 26.6. The summed E-state index contributed by atoms with van der Waals surface area (Å²) in [6.45, 7) is 4.86. The van der Waals surface area contributed by atoms with Crippen molar-refractivity contribution < 1.29 is 24.5 Å². The summed E-state index contributed by atoms with van der Waals surface area (Å²) in [7, 11) is 0. The van der Waals surface area contributed by atoms with Gasteiger partial charge < -0.3 is 20.3 Å². The van der Waals surface area contributed by atoms with Crippen LogP contribution in [0.15, 0.2) is 24.3 Å². The van der Waals surface area contributed by atoms with Crippen LogP contribution < -0.4 is 5.32 Å². The van der Waals surface area contributed by atoms with Crippen molar-refractivity contribution in [2.45, 2.75) is 296 Å². The molecule has 6 nitrogen and oxygen atoms in total. The molecule has 0 saturated carbocycles. The largest absolute Gasteiger partial charge is 0.466 e. The Morgan fingerprint density at radius 3 is 1.18 bits per heavy atom. The van der Waals surface area contributed by atoms with E-state index in [1.165, 1.54) is 212 Å². The van der Waals surface area contributed by atoms with Gasteiger partial charge >= 0.3 is 5.97 Å². The van der Waals surface area contributed by atoms with E-state index in [-0.39, 0.29) is 18.5 Å². The van der Waals surface area contributed by atoms with Crippen molar-refractivity contribution >= 4 is 11.9 Å². The molecule has 0 saturated heterocycles. The fraction of sp³-hybridized carbons (Fsp3) is 0.889. The first-order valence-electron chi connectivity index (χ1n) is 26.6. The lowest BCUT2D eigenvalue weighted by Crippen LogP contribution is -2.45. The Bertz CT molecular complexity index is 935. The van der Waals surface area contributed by atoms with E-state index in [0.29, 0.717) is 19.4 Å². The van der Waals surface area contributed by atoms with Crippen molar-refractivity contribution in [3.63, 3.8) is 0 Å². The predicted molar refractivity (Wildman–Crippen MR) is 260 cm³/mol. The minimum atomic E-state index is -0.844. The Balaban J connectivity index is 3.39. The minimum absolute atomic E-state index is 0.00136. The Morgan fingerprint density at radius 1 is 0.450 bits per heavy atom. The summed E-state index contributed by atoms with van der Waals surface area (Å²) in [6, 6.07) is -0.628. The van der Waals surface area contributed by atoms with Gasteiger partial charge in [0.25, 0.3) is 0 Å². The lowest BCUT2D eigenvalue weighted by atomic mass is 10.0. The standard InChI is InChI=1S/C54H103NO5/c1-3-5-7-9-11-13-14-15-16-22-25-28-32-36-40-44-48-54(59)60-49-45-41-37-33-29-26-23-20-18-17-19-21-24-27-31-35-39-43-47-53(58)55-51(50-56)52(57)46-42-38-34-30-12-10-8-6-4-2/h16,22,42,46,51-52,56-57H,3-15,17-21,23-41,43-45,47-50H2,1-2H3,(H,55,58)/b22-16-,46-42+. The van der Waals surface area contributed by atoms with Crippen LogP contribution in [0.3, 0.4) is 0 Å². The number of hydrogen-bond acceptors (Lipinski definition) is 5. The van der Waals surface area contributed by atoms with Gasteiger partial charge in [-0.3, -0.25) is 9.59 Å². The first-order chi connectivity index (χ1) is 29.5. The molecule has 0 spiro atoms. The molecule has 354 valence electrons. The van der Waals surface area contributed by atoms with E-state index in [1.807, 2.05) is 6.08 Å². The van der Waals surface area contributed by atoms with Crippen molar-refractivity contribution in [3.05, 3.63) is 24.3 Å². The highest BCUT2D eigenvalue weighted by atomic mass is 16.5. The third kappa shape index (κ3) is 45.9. The van der Waals surface area contributed by atoms with Gasteiger partial charge in [0.15, 0.2) is 0 Å². The molecule has 0 aromatic rings. The maximum absolute atomic E-state index is 12.4. The minimum Gasteiger partial charge on any atom is -0.466 e. The van der Waals surface area contributed by atoms with E-state index in [9.17, 15) is 19.8 Å². The molecule has 0 aliphatic heterocycles. The normalized spacial score (nSPS) is 12.8. The van der Waals surface area contributed by atoms with Crippen molar-refractivity contribution in [2.75, 3.05) is 13.2 Å². The molecule has 0 aliphatic carbocycles. The maximum Gasteiger partial charge on any atom is 0.305 e. The van der Waals surface area contributed by atoms with Crippen LogP contribution in [0.5, 0.6) is 0 Å². The van der Waals surface area contributed by atoms with Gasteiger partial charge in [0.05, 0.1) is 25.4 Å². The number of hydrogen-bond donors (Lipinski definition) is 3. The summed E-state index contributed by atoms with van der Waals surface area (Å²) in [5.41, 5.74) is 0. The third-order valence-electron chi connectivity index (χ3n) is 12.2. The topological polar surface area (TPSA) is 95.9 Å². The fourth-order valence-electron chi connectivity index (χ4n) is 8.10. The van der Waals surface area contributed by atoms with Gasteiger partial charge in [-0.15, -0.1) is 0 Å². The molecule has 2 unspecified atom stereocenters. The zero-order valence-electron chi connectivity index (χ0n) is 40.2. The molecule has 0 bridgehead atoms. The second-order valence-electron chi connectivity index (χ2n) is 18.2. The summed E-state index contributed by atoms with van der Waals surface area (Å²) < 4.78 is 5.47. The molecule has 3 N–H and O–H groups in total. The molecule has 0 rings (SSSR count). The molecule has 0 aliphatic rings. The number of unbranched alkanes of at least 4 members (excludes halogenated alkanes) is 36. The van der Waals surface area contributed by atoms with Crippen molar-refractivity contribution in [2.24, 2.45) is 0 Å². The van der Waals surface area contributed by atoms with Gasteiger partial charge in [-0.25, -0.2) is 0 Å². The number of carbonyl (C=O) groups excluding carboxylic acids is 2. The Morgan fingerprint density at radius 2 is 0.783 bits per heavy atom. The smallest absolute Gasteiger partial charge is 0.305 e. The number of esters is 1. The highest BCUT2D eigenvalue weighted by molar-refractivity contribution is 5.76. The van der Waals surface area contributed by atoms with Gasteiger partial charge in [0.1, 0.15) is 0 Å². The molecule has 0 radical (unpaired) electrons. The number of carbonyl (C=O) groups is 2. The summed E-state index contributed by atoms with van der Waals surface area (Å²) in [5.74, 6) is -0.0763. The average Bonchev–Trinajstić information content (AvgIpc) is 3.25. The van der Waals surface area contributed by atoms with Crippen LogP contribution in [0.1, 0.15) is 284 Å². The van der Waals surface area contributed by atoms with Crippen LogP contribution in [0.4, 0.5) is 0 Å². The van der Waals surface area contributed by atoms with E-state index in [2.05, 4.69) is 31.3 Å². The number of rotatable bonds is 49. The highest BCUT2D eigenvalue weighted by Crippen LogP contribution is 2.16. The Hall–Kier alpha value is -1.66. The molecule has 1 amide bonds. The van der Waals surface area contributed by atoms with Crippen LogP contribution in [0, 0.1) is 0 Å². The van der Waals surface area contributed by atoms with Crippen molar-refractivity contribution in [1.82, 2.24) is 5.32 Å². The van der Waals surface area contributed by atoms with Crippen molar-refractivity contribution in [3.8, 4) is 0 Å². The second kappa shape index (κ2) is 50.0. The van der Waals surface area contributed by atoms with Crippen LogP contribution in [-0.2, 0) is 14.3 Å². The van der Waals surface area contributed by atoms with Gasteiger partial charge in [0, 0.05) is 12.8 Å². The monoisotopic (exact) mass is 846 g/mol. The number of ether oxygens (including phenoxy) is 1. The van der Waals surface area contributed by atoms with Crippen LogP contribution in [-0.4, -0.2) is 47.4 Å². The van der Waals surface area contributed by atoms with E-state index in [1.54, 1.807) is 6.08 Å². The lowest BCUT2D eigenvalue weighted by Gasteiger charge is -2.20. The summed E-state index contributed by atoms with van der Waals surface area (Å²) >= 11 is 0. The quantitative estimate of drug-likeness (QED) is 0.0322. The molecule has 0 aromatic heterocycles. The summed E-state index contributed by atoms with van der Waals surface area (Å²) in [4.78, 5) is 24.4. The average molecular weight is 846 g/mol. The van der Waals surface area contributed by atoms with Gasteiger partial charge in [-0.2, -0.15) is 0 Å². The fourth-order valence-corrected chi connectivity index (χ4v) is 8.10. The van der Waals surface area contributed by atoms with Crippen LogP contribution in [0.2, 0.25) is 0 Å². The number of aliphatic hydroxyl groups is 2. The van der Waals surface area contributed by atoms with Crippen molar-refractivity contribution in [1.29, 1.82) is 0 Å². The van der Waals surface area contributed by atoms with Gasteiger partial charge in [0.2, 0.25) is 5.91 Å². The molecular weight excluding hydrogens is 743 g/mol. The number of aliphatic hydroxyl groups excluding tert-OH is 2. The zero-order chi connectivity index (χ0) is 43.7. The number of nitrogens with one attached hydrogen (secondary N) is 1. The second-order valence-corrected chi connectivity index (χ2v) is 18.2. The van der Waals surface area contributed by atoms with E-state index in [4.69, 9.17) is 4.74 Å².